The summed E-state index contributed by atoms with van der Waals surface area (Å²) in [6.07, 6.45) is 1.56. The van der Waals surface area contributed by atoms with Crippen LogP contribution >= 0.6 is 0 Å². The summed E-state index contributed by atoms with van der Waals surface area (Å²) in [5, 5.41) is 0. The molecule has 1 rings (SSSR count). The Balaban J connectivity index is 2.79. The number of likely N-dealkylation sites (N-methyl/N-ethyl adjacent to an activating group) is 1. The van der Waals surface area contributed by atoms with Crippen molar-refractivity contribution < 1.29 is 4.79 Å². The lowest BCUT2D eigenvalue weighted by Crippen LogP contribution is -2.39. The summed E-state index contributed by atoms with van der Waals surface area (Å²) in [5.74, 6) is 5.68. The fourth-order valence-corrected chi connectivity index (χ4v) is 1.80. The molecule has 6 nitrogen and oxygen atoms in total. The van der Waals surface area contributed by atoms with Crippen molar-refractivity contribution in [2.75, 3.05) is 39.2 Å². The van der Waals surface area contributed by atoms with Gasteiger partial charge in [0, 0.05) is 19.6 Å². The molecule has 1 heterocycles. The molecule has 0 saturated carbocycles. The Morgan fingerprint density at radius 2 is 2.05 bits per heavy atom. The molecule has 3 N–H and O–H groups in total. The van der Waals surface area contributed by atoms with Crippen LogP contribution in [0.15, 0.2) is 18.3 Å². The number of hydrogen-bond acceptors (Lipinski definition) is 5. The van der Waals surface area contributed by atoms with E-state index in [0.717, 1.165) is 13.1 Å². The summed E-state index contributed by atoms with van der Waals surface area (Å²) >= 11 is 0. The quantitative estimate of drug-likeness (QED) is 0.576. The molecule has 0 atom stereocenters. The van der Waals surface area contributed by atoms with E-state index in [1.807, 2.05) is 19.0 Å². The first kappa shape index (κ1) is 16.4. The first-order valence-corrected chi connectivity index (χ1v) is 6.80. The van der Waals surface area contributed by atoms with E-state index in [1.165, 1.54) is 0 Å². The Hall–Kier alpha value is -1.66. The average molecular weight is 279 g/mol. The van der Waals surface area contributed by atoms with E-state index in [2.05, 4.69) is 29.2 Å². The maximum Gasteiger partial charge on any atom is 0.272 e. The summed E-state index contributed by atoms with van der Waals surface area (Å²) in [6.45, 7) is 6.46. The highest BCUT2D eigenvalue weighted by atomic mass is 16.2. The number of hydrogen-bond donors (Lipinski definition) is 2. The predicted molar refractivity (Wildman–Crippen MR) is 81.3 cm³/mol. The molecule has 6 heteroatoms. The third-order valence-electron chi connectivity index (χ3n) is 2.84. The smallest absolute Gasteiger partial charge is 0.272 e. The van der Waals surface area contributed by atoms with Crippen LogP contribution in [0.4, 0.5) is 5.69 Å². The van der Waals surface area contributed by atoms with E-state index in [1.54, 1.807) is 18.3 Å². The normalized spacial score (nSPS) is 10.9. The first-order valence-electron chi connectivity index (χ1n) is 6.80. The maximum atomic E-state index is 12.5. The number of carbonyl (C=O) groups excluding carboxylic acids is 1. The Labute approximate surface area is 120 Å². The van der Waals surface area contributed by atoms with Crippen LogP contribution in [0, 0.1) is 5.92 Å². The third-order valence-corrected chi connectivity index (χ3v) is 2.84. The number of anilines is 1. The Morgan fingerprint density at radius 3 is 2.50 bits per heavy atom. The molecule has 20 heavy (non-hydrogen) atoms. The van der Waals surface area contributed by atoms with E-state index in [4.69, 9.17) is 5.84 Å². The van der Waals surface area contributed by atoms with Crippen LogP contribution in [-0.2, 0) is 0 Å². The number of nitrogens with zero attached hydrogens (tertiary/aromatic N) is 3. The van der Waals surface area contributed by atoms with Crippen LogP contribution in [0.2, 0.25) is 0 Å². The zero-order valence-electron chi connectivity index (χ0n) is 12.8. The van der Waals surface area contributed by atoms with Crippen molar-refractivity contribution in [3.05, 3.63) is 24.0 Å². The number of nitrogen functional groups attached to an aromatic ring is 1. The minimum atomic E-state index is -0.0379. The van der Waals surface area contributed by atoms with Crippen molar-refractivity contribution >= 4 is 11.6 Å². The zero-order valence-corrected chi connectivity index (χ0v) is 12.8. The standard InChI is InChI=1S/C14H25N5O/c1-11(2)10-19(8-7-18(3)4)14(20)13-6-5-12(17-15)9-16-13/h5-6,9,11,17H,7-8,10,15H2,1-4H3. The number of carbonyl (C=O) groups is 1. The molecule has 0 spiro atoms. The van der Waals surface area contributed by atoms with Crippen LogP contribution in [0.1, 0.15) is 24.3 Å². The molecular weight excluding hydrogens is 254 g/mol. The highest BCUT2D eigenvalue weighted by Gasteiger charge is 2.18. The Bertz CT molecular complexity index is 416. The van der Waals surface area contributed by atoms with Crippen molar-refractivity contribution in [1.82, 2.24) is 14.8 Å². The number of pyridine rings is 1. The molecule has 0 unspecified atom stereocenters. The lowest BCUT2D eigenvalue weighted by Gasteiger charge is -2.25. The molecule has 1 amide bonds. The molecule has 1 aromatic heterocycles. The molecule has 0 aliphatic heterocycles. The van der Waals surface area contributed by atoms with Crippen molar-refractivity contribution in [2.24, 2.45) is 11.8 Å². The van der Waals surface area contributed by atoms with Crippen LogP contribution in [0.5, 0.6) is 0 Å². The summed E-state index contributed by atoms with van der Waals surface area (Å²) in [7, 11) is 4.00. The largest absolute Gasteiger partial charge is 0.336 e. The van der Waals surface area contributed by atoms with Gasteiger partial charge in [0.2, 0.25) is 0 Å². The lowest BCUT2D eigenvalue weighted by atomic mass is 10.2. The minimum absolute atomic E-state index is 0.0379. The van der Waals surface area contributed by atoms with Gasteiger partial charge >= 0.3 is 0 Å². The molecule has 0 radical (unpaired) electrons. The summed E-state index contributed by atoms with van der Waals surface area (Å²) in [5.41, 5.74) is 3.63. The third kappa shape index (κ3) is 5.14. The van der Waals surface area contributed by atoms with E-state index < -0.39 is 0 Å². The van der Waals surface area contributed by atoms with E-state index in [0.29, 0.717) is 23.8 Å². The number of amides is 1. The van der Waals surface area contributed by atoms with Crippen LogP contribution in [0.3, 0.4) is 0 Å². The highest BCUT2D eigenvalue weighted by Crippen LogP contribution is 2.09. The van der Waals surface area contributed by atoms with Gasteiger partial charge in [-0.15, -0.1) is 0 Å². The number of rotatable bonds is 7. The van der Waals surface area contributed by atoms with E-state index >= 15 is 0 Å². The summed E-state index contributed by atoms with van der Waals surface area (Å²) < 4.78 is 0. The van der Waals surface area contributed by atoms with Gasteiger partial charge in [-0.3, -0.25) is 10.6 Å². The minimum Gasteiger partial charge on any atom is -0.336 e. The van der Waals surface area contributed by atoms with Crippen LogP contribution in [0.25, 0.3) is 0 Å². The predicted octanol–water partition coefficient (Wildman–Crippen LogP) is 1.03. The SMILES string of the molecule is CC(C)CN(CCN(C)C)C(=O)c1ccc(NN)cn1. The fourth-order valence-electron chi connectivity index (χ4n) is 1.80. The molecule has 0 bridgehead atoms. The first-order chi connectivity index (χ1) is 9.43. The van der Waals surface area contributed by atoms with E-state index in [-0.39, 0.29) is 5.91 Å². The molecule has 0 aliphatic carbocycles. The van der Waals surface area contributed by atoms with Crippen LogP contribution < -0.4 is 11.3 Å². The van der Waals surface area contributed by atoms with Crippen LogP contribution in [-0.4, -0.2) is 54.4 Å². The number of hydrazine groups is 1. The maximum absolute atomic E-state index is 12.5. The highest BCUT2D eigenvalue weighted by molar-refractivity contribution is 5.92. The second-order valence-electron chi connectivity index (χ2n) is 5.52. The molecule has 1 aromatic rings. The molecule has 0 aromatic carbocycles. The second-order valence-corrected chi connectivity index (χ2v) is 5.52. The van der Waals surface area contributed by atoms with Gasteiger partial charge in [0.1, 0.15) is 5.69 Å². The van der Waals surface area contributed by atoms with Gasteiger partial charge in [0.25, 0.3) is 5.91 Å². The summed E-state index contributed by atoms with van der Waals surface area (Å²) in [6, 6.07) is 3.44. The van der Waals surface area contributed by atoms with Gasteiger partial charge in [-0.25, -0.2) is 4.98 Å². The van der Waals surface area contributed by atoms with Crippen molar-refractivity contribution in [3.8, 4) is 0 Å². The van der Waals surface area contributed by atoms with Gasteiger partial charge in [-0.05, 0) is 32.1 Å². The van der Waals surface area contributed by atoms with Gasteiger partial charge < -0.3 is 15.2 Å². The number of aromatic nitrogens is 1. The molecule has 0 fully saturated rings. The Kier molecular flexibility index (Phi) is 6.41. The number of nitrogens with one attached hydrogen (secondary N) is 1. The lowest BCUT2D eigenvalue weighted by molar-refractivity contribution is 0.0719. The van der Waals surface area contributed by atoms with Crippen molar-refractivity contribution in [3.63, 3.8) is 0 Å². The molecular formula is C14H25N5O. The average Bonchev–Trinajstić information content (AvgIpc) is 2.42. The Morgan fingerprint density at radius 1 is 1.35 bits per heavy atom. The second kappa shape index (κ2) is 7.81. The van der Waals surface area contributed by atoms with Crippen molar-refractivity contribution in [1.29, 1.82) is 0 Å². The topological polar surface area (TPSA) is 74.5 Å². The van der Waals surface area contributed by atoms with Gasteiger partial charge in [-0.2, -0.15) is 0 Å². The zero-order chi connectivity index (χ0) is 15.1. The van der Waals surface area contributed by atoms with Gasteiger partial charge in [0.15, 0.2) is 0 Å². The van der Waals surface area contributed by atoms with E-state index in [9.17, 15) is 4.79 Å². The molecule has 112 valence electrons. The fraction of sp³-hybridized carbons (Fsp3) is 0.571. The van der Waals surface area contributed by atoms with Gasteiger partial charge in [-0.1, -0.05) is 13.8 Å². The number of nitrogens with two attached hydrogens (primary N) is 1. The summed E-state index contributed by atoms with van der Waals surface area (Å²) in [4.78, 5) is 20.6. The molecule has 0 saturated heterocycles. The van der Waals surface area contributed by atoms with Crippen molar-refractivity contribution in [2.45, 2.75) is 13.8 Å². The molecule has 0 aliphatic rings. The monoisotopic (exact) mass is 279 g/mol. The van der Waals surface area contributed by atoms with Gasteiger partial charge in [0.05, 0.1) is 11.9 Å².